The molecule has 2 N–H and O–H groups in total. The Morgan fingerprint density at radius 3 is 2.59 bits per heavy atom. The van der Waals surface area contributed by atoms with Crippen molar-refractivity contribution >= 4 is 18.3 Å². The van der Waals surface area contributed by atoms with Gasteiger partial charge in [0, 0.05) is 6.54 Å². The second-order valence-corrected chi connectivity index (χ2v) is 6.72. The van der Waals surface area contributed by atoms with Crippen molar-refractivity contribution in [2.75, 3.05) is 19.6 Å². The standard InChI is InChI=1S/C18H26N2O.ClH/c21-17(20-14-16-8-4-11-19-13-16)18(9-5-10-18)12-15-6-2-1-3-7-15;/h1-3,6-7,16,19H,4-5,8-14H2,(H,20,21);1H. The van der Waals surface area contributed by atoms with Gasteiger partial charge in [-0.3, -0.25) is 4.79 Å². The van der Waals surface area contributed by atoms with E-state index in [2.05, 4.69) is 34.9 Å². The zero-order valence-corrected chi connectivity index (χ0v) is 14.0. The number of rotatable bonds is 5. The van der Waals surface area contributed by atoms with Gasteiger partial charge < -0.3 is 10.6 Å². The number of hydrogen-bond acceptors (Lipinski definition) is 2. The number of carbonyl (C=O) groups excluding carboxylic acids is 1. The summed E-state index contributed by atoms with van der Waals surface area (Å²) in [6, 6.07) is 10.4. The summed E-state index contributed by atoms with van der Waals surface area (Å²) in [7, 11) is 0. The molecule has 3 nitrogen and oxygen atoms in total. The summed E-state index contributed by atoms with van der Waals surface area (Å²) in [6.45, 7) is 3.01. The first-order chi connectivity index (χ1) is 10.3. The maximum absolute atomic E-state index is 12.7. The van der Waals surface area contributed by atoms with Crippen LogP contribution in [0.3, 0.4) is 0 Å². The first kappa shape index (κ1) is 17.3. The fraction of sp³-hybridized carbons (Fsp3) is 0.611. The largest absolute Gasteiger partial charge is 0.355 e. The van der Waals surface area contributed by atoms with Crippen molar-refractivity contribution in [3.63, 3.8) is 0 Å². The first-order valence-electron chi connectivity index (χ1n) is 8.31. The topological polar surface area (TPSA) is 41.1 Å². The molecule has 22 heavy (non-hydrogen) atoms. The third-order valence-electron chi connectivity index (χ3n) is 5.13. The van der Waals surface area contributed by atoms with Gasteiger partial charge in [-0.15, -0.1) is 12.4 Å². The molecule has 1 aliphatic carbocycles. The molecule has 2 fully saturated rings. The molecule has 1 heterocycles. The second-order valence-electron chi connectivity index (χ2n) is 6.72. The molecule has 1 aromatic rings. The van der Waals surface area contributed by atoms with Crippen LogP contribution < -0.4 is 10.6 Å². The highest BCUT2D eigenvalue weighted by atomic mass is 35.5. The van der Waals surface area contributed by atoms with Gasteiger partial charge in [-0.1, -0.05) is 36.8 Å². The van der Waals surface area contributed by atoms with Crippen LogP contribution in [0, 0.1) is 11.3 Å². The Labute approximate surface area is 139 Å². The normalized spacial score (nSPS) is 23.0. The van der Waals surface area contributed by atoms with E-state index in [4.69, 9.17) is 0 Å². The zero-order valence-electron chi connectivity index (χ0n) is 13.1. The van der Waals surface area contributed by atoms with E-state index in [0.717, 1.165) is 38.9 Å². The Bertz CT molecular complexity index is 467. The van der Waals surface area contributed by atoms with Crippen LogP contribution in [0.2, 0.25) is 0 Å². The van der Waals surface area contributed by atoms with Crippen LogP contribution in [0.25, 0.3) is 0 Å². The molecule has 1 aromatic carbocycles. The summed E-state index contributed by atoms with van der Waals surface area (Å²) in [5.41, 5.74) is 1.15. The predicted molar refractivity (Wildman–Crippen MR) is 92.3 cm³/mol. The maximum atomic E-state index is 12.7. The summed E-state index contributed by atoms with van der Waals surface area (Å²) < 4.78 is 0. The minimum absolute atomic E-state index is 0. The van der Waals surface area contributed by atoms with Crippen molar-refractivity contribution < 1.29 is 4.79 Å². The number of hydrogen-bond donors (Lipinski definition) is 2. The zero-order chi connectivity index (χ0) is 14.5. The maximum Gasteiger partial charge on any atom is 0.226 e. The smallest absolute Gasteiger partial charge is 0.226 e. The van der Waals surface area contributed by atoms with Crippen molar-refractivity contribution in [1.82, 2.24) is 10.6 Å². The molecule has 0 spiro atoms. The van der Waals surface area contributed by atoms with Crippen LogP contribution in [-0.4, -0.2) is 25.5 Å². The number of piperidine rings is 1. The van der Waals surface area contributed by atoms with Gasteiger partial charge in [-0.25, -0.2) is 0 Å². The number of nitrogens with one attached hydrogen (secondary N) is 2. The van der Waals surface area contributed by atoms with Gasteiger partial charge in [0.25, 0.3) is 0 Å². The fourth-order valence-electron chi connectivity index (χ4n) is 3.60. The van der Waals surface area contributed by atoms with Gasteiger partial charge in [0.2, 0.25) is 5.91 Å². The van der Waals surface area contributed by atoms with Gasteiger partial charge in [0.15, 0.2) is 0 Å². The molecule has 0 aromatic heterocycles. The molecule has 2 aliphatic rings. The Balaban J connectivity index is 0.00000176. The first-order valence-corrected chi connectivity index (χ1v) is 8.31. The lowest BCUT2D eigenvalue weighted by Crippen LogP contribution is -2.49. The Morgan fingerprint density at radius 2 is 2.00 bits per heavy atom. The van der Waals surface area contributed by atoms with Crippen molar-refractivity contribution in [2.24, 2.45) is 11.3 Å². The number of amides is 1. The van der Waals surface area contributed by atoms with E-state index >= 15 is 0 Å². The lowest BCUT2D eigenvalue weighted by Gasteiger charge is -2.41. The highest BCUT2D eigenvalue weighted by Crippen LogP contribution is 2.44. The molecule has 0 radical (unpaired) electrons. The minimum Gasteiger partial charge on any atom is -0.355 e. The van der Waals surface area contributed by atoms with Crippen molar-refractivity contribution in [3.8, 4) is 0 Å². The van der Waals surface area contributed by atoms with Crippen molar-refractivity contribution in [1.29, 1.82) is 0 Å². The Morgan fingerprint density at radius 1 is 1.23 bits per heavy atom. The van der Waals surface area contributed by atoms with Crippen molar-refractivity contribution in [2.45, 2.75) is 38.5 Å². The Hall–Kier alpha value is -1.06. The molecule has 1 amide bonds. The molecule has 0 bridgehead atoms. The molecule has 3 rings (SSSR count). The van der Waals surface area contributed by atoms with Crippen LogP contribution in [0.15, 0.2) is 30.3 Å². The van der Waals surface area contributed by atoms with Gasteiger partial charge in [-0.05, 0) is 56.7 Å². The molecule has 122 valence electrons. The van der Waals surface area contributed by atoms with Gasteiger partial charge in [0.1, 0.15) is 0 Å². The quantitative estimate of drug-likeness (QED) is 0.875. The molecule has 1 unspecified atom stereocenters. The van der Waals surface area contributed by atoms with Crippen LogP contribution in [0.5, 0.6) is 0 Å². The minimum atomic E-state index is -0.135. The third-order valence-corrected chi connectivity index (χ3v) is 5.13. The molecule has 4 heteroatoms. The lowest BCUT2D eigenvalue weighted by molar-refractivity contribution is -0.136. The number of benzene rings is 1. The van der Waals surface area contributed by atoms with E-state index in [-0.39, 0.29) is 23.7 Å². The van der Waals surface area contributed by atoms with Crippen LogP contribution in [-0.2, 0) is 11.2 Å². The van der Waals surface area contributed by atoms with Gasteiger partial charge >= 0.3 is 0 Å². The van der Waals surface area contributed by atoms with Gasteiger partial charge in [-0.2, -0.15) is 0 Å². The van der Waals surface area contributed by atoms with Crippen LogP contribution in [0.1, 0.15) is 37.7 Å². The highest BCUT2D eigenvalue weighted by Gasteiger charge is 2.43. The van der Waals surface area contributed by atoms with E-state index < -0.39 is 0 Å². The summed E-state index contributed by atoms with van der Waals surface area (Å²) in [6.07, 6.45) is 6.62. The van der Waals surface area contributed by atoms with Crippen molar-refractivity contribution in [3.05, 3.63) is 35.9 Å². The Kier molecular flexibility index (Phi) is 6.27. The summed E-state index contributed by atoms with van der Waals surface area (Å²) >= 11 is 0. The fourth-order valence-corrected chi connectivity index (χ4v) is 3.60. The average Bonchev–Trinajstić information content (AvgIpc) is 2.50. The summed E-state index contributed by atoms with van der Waals surface area (Å²) in [5, 5.41) is 6.65. The highest BCUT2D eigenvalue weighted by molar-refractivity contribution is 5.85. The summed E-state index contributed by atoms with van der Waals surface area (Å²) in [5.74, 6) is 0.889. The second kappa shape index (κ2) is 7.98. The van der Waals surface area contributed by atoms with E-state index in [1.54, 1.807) is 0 Å². The lowest BCUT2D eigenvalue weighted by atomic mass is 9.64. The molecule has 1 saturated heterocycles. The molecular formula is C18H27ClN2O. The summed E-state index contributed by atoms with van der Waals surface area (Å²) in [4.78, 5) is 12.7. The van der Waals surface area contributed by atoms with E-state index in [9.17, 15) is 4.79 Å². The van der Waals surface area contributed by atoms with E-state index in [0.29, 0.717) is 5.92 Å². The molecule has 1 saturated carbocycles. The average molecular weight is 323 g/mol. The predicted octanol–water partition coefficient (Wildman–Crippen LogP) is 2.94. The SMILES string of the molecule is Cl.O=C(NCC1CCCNC1)C1(Cc2ccccc2)CCC1. The number of halogens is 1. The van der Waals surface area contributed by atoms with Gasteiger partial charge in [0.05, 0.1) is 5.41 Å². The van der Waals surface area contributed by atoms with Crippen LogP contribution in [0.4, 0.5) is 0 Å². The monoisotopic (exact) mass is 322 g/mol. The number of carbonyl (C=O) groups is 1. The third kappa shape index (κ3) is 4.02. The van der Waals surface area contributed by atoms with E-state index in [1.165, 1.54) is 24.8 Å². The molecular weight excluding hydrogens is 296 g/mol. The molecule has 1 atom stereocenters. The van der Waals surface area contributed by atoms with E-state index in [1.807, 2.05) is 6.07 Å². The van der Waals surface area contributed by atoms with Crippen LogP contribution >= 0.6 is 12.4 Å². The molecule has 1 aliphatic heterocycles.